The van der Waals surface area contributed by atoms with E-state index in [0.29, 0.717) is 18.1 Å². The molecule has 0 radical (unpaired) electrons. The first-order valence-corrected chi connectivity index (χ1v) is 6.57. The number of nitrogens with zero attached hydrogens (tertiary/aromatic N) is 3. The smallest absolute Gasteiger partial charge is 0.252 e. The van der Waals surface area contributed by atoms with Crippen molar-refractivity contribution in [3.63, 3.8) is 0 Å². The van der Waals surface area contributed by atoms with Crippen LogP contribution in [-0.2, 0) is 6.54 Å². The highest BCUT2D eigenvalue weighted by molar-refractivity contribution is 5.51. The van der Waals surface area contributed by atoms with Gasteiger partial charge >= 0.3 is 0 Å². The molecule has 1 aromatic carbocycles. The lowest BCUT2D eigenvalue weighted by atomic mass is 10.2. The first-order chi connectivity index (χ1) is 10.1. The molecule has 3 aromatic rings. The van der Waals surface area contributed by atoms with Crippen molar-refractivity contribution in [2.75, 3.05) is 5.73 Å². The number of aryl methyl sites for hydroxylation is 1. The van der Waals surface area contributed by atoms with E-state index in [9.17, 15) is 4.79 Å². The van der Waals surface area contributed by atoms with Crippen LogP contribution in [0.25, 0.3) is 11.5 Å². The predicted molar refractivity (Wildman–Crippen MR) is 80.8 cm³/mol. The molecule has 106 valence electrons. The third-order valence-electron chi connectivity index (χ3n) is 3.08. The lowest BCUT2D eigenvalue weighted by molar-refractivity contribution is 0.802. The Morgan fingerprint density at radius 1 is 1.24 bits per heavy atom. The lowest BCUT2D eigenvalue weighted by Crippen LogP contribution is -2.12. The number of H-pyrrole nitrogens is 1. The van der Waals surface area contributed by atoms with Crippen LogP contribution < -0.4 is 11.3 Å². The minimum atomic E-state index is -0.288. The highest BCUT2D eigenvalue weighted by atomic mass is 16.1. The van der Waals surface area contributed by atoms with Crippen molar-refractivity contribution < 1.29 is 0 Å². The summed E-state index contributed by atoms with van der Waals surface area (Å²) in [6.07, 6.45) is 1.93. The van der Waals surface area contributed by atoms with Gasteiger partial charge in [0.25, 0.3) is 5.56 Å². The number of benzene rings is 1. The van der Waals surface area contributed by atoms with Crippen molar-refractivity contribution in [3.8, 4) is 11.5 Å². The van der Waals surface area contributed by atoms with Crippen molar-refractivity contribution in [1.29, 1.82) is 0 Å². The number of nitrogens with one attached hydrogen (secondary N) is 1. The maximum atomic E-state index is 11.5. The second kappa shape index (κ2) is 5.24. The summed E-state index contributed by atoms with van der Waals surface area (Å²) in [6, 6.07) is 11.4. The summed E-state index contributed by atoms with van der Waals surface area (Å²) in [7, 11) is 0. The van der Waals surface area contributed by atoms with Crippen molar-refractivity contribution in [2.45, 2.75) is 13.5 Å². The van der Waals surface area contributed by atoms with Crippen molar-refractivity contribution in [1.82, 2.24) is 19.5 Å². The molecule has 0 aliphatic rings. The van der Waals surface area contributed by atoms with Crippen LogP contribution in [0.5, 0.6) is 0 Å². The zero-order valence-electron chi connectivity index (χ0n) is 11.6. The van der Waals surface area contributed by atoms with Gasteiger partial charge in [-0.2, -0.15) is 0 Å². The van der Waals surface area contributed by atoms with E-state index in [2.05, 4.69) is 15.0 Å². The van der Waals surface area contributed by atoms with Gasteiger partial charge in [-0.15, -0.1) is 0 Å². The molecule has 0 aliphatic carbocycles. The number of anilines is 1. The SMILES string of the molecule is Cc1cn(Cc2ccccc2)c(-c2cc(=O)[nH]c(N)n2)n1. The molecule has 3 N–H and O–H groups in total. The third-order valence-corrected chi connectivity index (χ3v) is 3.08. The summed E-state index contributed by atoms with van der Waals surface area (Å²) < 4.78 is 1.96. The Bertz CT molecular complexity index is 820. The number of imidazole rings is 1. The molecule has 2 aromatic heterocycles. The van der Waals surface area contributed by atoms with Crippen LogP contribution in [-0.4, -0.2) is 19.5 Å². The fourth-order valence-corrected chi connectivity index (χ4v) is 2.24. The van der Waals surface area contributed by atoms with Gasteiger partial charge < -0.3 is 10.3 Å². The highest BCUT2D eigenvalue weighted by Gasteiger charge is 2.11. The standard InChI is InChI=1S/C15H15N5O/c1-10-8-20(9-11-5-3-2-4-6-11)14(17-10)12-7-13(21)19-15(16)18-12/h2-8H,9H2,1H3,(H3,16,18,19,21). The van der Waals surface area contributed by atoms with E-state index < -0.39 is 0 Å². The fraction of sp³-hybridized carbons (Fsp3) is 0.133. The van der Waals surface area contributed by atoms with Gasteiger partial charge in [-0.1, -0.05) is 30.3 Å². The molecule has 0 unspecified atom stereocenters. The van der Waals surface area contributed by atoms with Crippen LogP contribution in [0, 0.1) is 6.92 Å². The topological polar surface area (TPSA) is 89.6 Å². The Hall–Kier alpha value is -2.89. The number of aromatic amines is 1. The quantitative estimate of drug-likeness (QED) is 0.762. The minimum absolute atomic E-state index is 0.0874. The van der Waals surface area contributed by atoms with Crippen LogP contribution >= 0.6 is 0 Å². The average Bonchev–Trinajstić information content (AvgIpc) is 2.80. The van der Waals surface area contributed by atoms with Crippen LogP contribution in [0.4, 0.5) is 5.95 Å². The van der Waals surface area contributed by atoms with Gasteiger partial charge in [-0.05, 0) is 12.5 Å². The van der Waals surface area contributed by atoms with Crippen LogP contribution in [0.2, 0.25) is 0 Å². The van der Waals surface area contributed by atoms with E-state index in [1.807, 2.05) is 48.0 Å². The molecule has 0 aliphatic heterocycles. The van der Waals surface area contributed by atoms with Gasteiger partial charge in [0, 0.05) is 18.8 Å². The monoisotopic (exact) mass is 281 g/mol. The predicted octanol–water partition coefficient (Wildman–Crippen LogP) is 1.57. The second-order valence-corrected chi connectivity index (χ2v) is 4.84. The first-order valence-electron chi connectivity index (χ1n) is 6.57. The van der Waals surface area contributed by atoms with E-state index in [-0.39, 0.29) is 11.5 Å². The van der Waals surface area contributed by atoms with Crippen molar-refractivity contribution >= 4 is 5.95 Å². The summed E-state index contributed by atoms with van der Waals surface area (Å²) in [5.74, 6) is 0.721. The van der Waals surface area contributed by atoms with E-state index in [0.717, 1.165) is 11.3 Å². The summed E-state index contributed by atoms with van der Waals surface area (Å²) in [4.78, 5) is 22.6. The Balaban J connectivity index is 2.05. The maximum Gasteiger partial charge on any atom is 0.252 e. The number of nitrogen functional groups attached to an aromatic ring is 1. The Morgan fingerprint density at radius 2 is 2.00 bits per heavy atom. The number of hydrogen-bond acceptors (Lipinski definition) is 4. The van der Waals surface area contributed by atoms with E-state index >= 15 is 0 Å². The molecular formula is C15H15N5O. The van der Waals surface area contributed by atoms with E-state index in [1.165, 1.54) is 6.07 Å². The number of rotatable bonds is 3. The molecule has 0 atom stereocenters. The van der Waals surface area contributed by atoms with E-state index in [4.69, 9.17) is 5.73 Å². The summed E-state index contributed by atoms with van der Waals surface area (Å²) in [5.41, 5.74) is 7.80. The first kappa shape index (κ1) is 13.1. The lowest BCUT2D eigenvalue weighted by Gasteiger charge is -2.07. The van der Waals surface area contributed by atoms with Crippen molar-refractivity contribution in [2.24, 2.45) is 0 Å². The Morgan fingerprint density at radius 3 is 2.71 bits per heavy atom. The van der Waals surface area contributed by atoms with Gasteiger partial charge in [0.15, 0.2) is 5.82 Å². The Labute approximate surface area is 121 Å². The Kier molecular flexibility index (Phi) is 3.27. The van der Waals surface area contributed by atoms with E-state index in [1.54, 1.807) is 0 Å². The fourth-order valence-electron chi connectivity index (χ4n) is 2.24. The van der Waals surface area contributed by atoms with Crippen molar-refractivity contribution in [3.05, 3.63) is 64.2 Å². The normalized spacial score (nSPS) is 10.7. The molecule has 2 heterocycles. The van der Waals surface area contributed by atoms with Gasteiger partial charge in [-0.25, -0.2) is 9.97 Å². The molecule has 0 bridgehead atoms. The zero-order chi connectivity index (χ0) is 14.8. The van der Waals surface area contributed by atoms with Gasteiger partial charge in [0.05, 0.1) is 5.69 Å². The molecule has 21 heavy (non-hydrogen) atoms. The summed E-state index contributed by atoms with van der Waals surface area (Å²) >= 11 is 0. The number of aromatic nitrogens is 4. The molecule has 0 amide bonds. The third kappa shape index (κ3) is 2.84. The number of hydrogen-bond donors (Lipinski definition) is 2. The summed E-state index contributed by atoms with van der Waals surface area (Å²) in [5, 5.41) is 0. The molecule has 6 nitrogen and oxygen atoms in total. The minimum Gasteiger partial charge on any atom is -0.369 e. The molecule has 3 rings (SSSR count). The van der Waals surface area contributed by atoms with Gasteiger partial charge in [0.1, 0.15) is 5.69 Å². The van der Waals surface area contributed by atoms with Crippen LogP contribution in [0.15, 0.2) is 47.4 Å². The average molecular weight is 281 g/mol. The van der Waals surface area contributed by atoms with Gasteiger partial charge in [0.2, 0.25) is 5.95 Å². The molecule has 0 spiro atoms. The maximum absolute atomic E-state index is 11.5. The number of nitrogens with two attached hydrogens (primary N) is 1. The molecule has 0 saturated carbocycles. The largest absolute Gasteiger partial charge is 0.369 e. The van der Waals surface area contributed by atoms with Crippen LogP contribution in [0.3, 0.4) is 0 Å². The van der Waals surface area contributed by atoms with Gasteiger partial charge in [-0.3, -0.25) is 9.78 Å². The van der Waals surface area contributed by atoms with Crippen LogP contribution in [0.1, 0.15) is 11.3 Å². The molecule has 0 saturated heterocycles. The highest BCUT2D eigenvalue weighted by Crippen LogP contribution is 2.17. The molecule has 6 heteroatoms. The zero-order valence-corrected chi connectivity index (χ0v) is 11.6. The summed E-state index contributed by atoms with van der Waals surface area (Å²) in [6.45, 7) is 2.56. The molecule has 0 fully saturated rings. The molecular weight excluding hydrogens is 266 g/mol. The second-order valence-electron chi connectivity index (χ2n) is 4.84.